The zero-order valence-corrected chi connectivity index (χ0v) is 21.9. The van der Waals surface area contributed by atoms with E-state index in [9.17, 15) is 14.4 Å². The van der Waals surface area contributed by atoms with Crippen LogP contribution in [0.1, 0.15) is 38.5 Å². The standard InChI is InChI=1S/C27H23Cl2N5O4/c1-38-20-6-4-19(5-7-20)34-25(24(35)9-2-17-10-11-30-31-15-17)23-16-32(12-13-33(23)27(34)37)26(36)18-3-8-21(28)22(29)14-18/h3-8,10-11,14-15H,2,9,12-13,16H2,1H3. The molecular weight excluding hydrogens is 529 g/mol. The monoisotopic (exact) mass is 551 g/mol. The summed E-state index contributed by atoms with van der Waals surface area (Å²) in [5, 5.41) is 8.27. The molecule has 11 heteroatoms. The second-order valence-corrected chi connectivity index (χ2v) is 9.61. The molecule has 1 aliphatic rings. The Bertz CT molecular complexity index is 1570. The average molecular weight is 552 g/mol. The second-order valence-electron chi connectivity index (χ2n) is 8.79. The van der Waals surface area contributed by atoms with Crippen LogP contribution in [0.4, 0.5) is 0 Å². The number of hydrogen-bond acceptors (Lipinski definition) is 6. The number of carbonyl (C=O) groups is 2. The van der Waals surface area contributed by atoms with Crippen molar-refractivity contribution in [2.45, 2.75) is 25.9 Å². The minimum atomic E-state index is -0.333. The summed E-state index contributed by atoms with van der Waals surface area (Å²) >= 11 is 12.1. The van der Waals surface area contributed by atoms with Crippen LogP contribution in [-0.2, 0) is 19.5 Å². The van der Waals surface area contributed by atoms with Crippen LogP contribution in [0.25, 0.3) is 5.69 Å². The molecule has 194 valence electrons. The van der Waals surface area contributed by atoms with Gasteiger partial charge < -0.3 is 9.64 Å². The van der Waals surface area contributed by atoms with E-state index in [1.807, 2.05) is 0 Å². The van der Waals surface area contributed by atoms with E-state index < -0.39 is 0 Å². The zero-order chi connectivity index (χ0) is 26.8. The summed E-state index contributed by atoms with van der Waals surface area (Å²) in [6, 6.07) is 13.4. The van der Waals surface area contributed by atoms with E-state index in [0.29, 0.717) is 40.7 Å². The average Bonchev–Trinajstić information content (AvgIpc) is 3.25. The first-order chi connectivity index (χ1) is 18.4. The Kier molecular flexibility index (Phi) is 7.31. The molecule has 0 saturated carbocycles. The van der Waals surface area contributed by atoms with Crippen molar-refractivity contribution in [1.82, 2.24) is 24.2 Å². The fourth-order valence-corrected chi connectivity index (χ4v) is 4.84. The van der Waals surface area contributed by atoms with E-state index in [1.54, 1.807) is 71.4 Å². The molecule has 0 radical (unpaired) electrons. The van der Waals surface area contributed by atoms with Gasteiger partial charge in [0.25, 0.3) is 5.91 Å². The molecule has 38 heavy (non-hydrogen) atoms. The van der Waals surface area contributed by atoms with Gasteiger partial charge in [-0.15, -0.1) is 0 Å². The van der Waals surface area contributed by atoms with Gasteiger partial charge in [-0.2, -0.15) is 10.2 Å². The van der Waals surface area contributed by atoms with Gasteiger partial charge >= 0.3 is 5.69 Å². The maximum absolute atomic E-state index is 13.7. The van der Waals surface area contributed by atoms with E-state index in [0.717, 1.165) is 5.56 Å². The number of nitrogens with zero attached hydrogens (tertiary/aromatic N) is 5. The number of rotatable bonds is 7. The van der Waals surface area contributed by atoms with Crippen molar-refractivity contribution in [3.8, 4) is 11.4 Å². The first-order valence-corrected chi connectivity index (χ1v) is 12.6. The highest BCUT2D eigenvalue weighted by atomic mass is 35.5. The number of methoxy groups -OCH3 is 1. The van der Waals surface area contributed by atoms with Crippen LogP contribution >= 0.6 is 23.2 Å². The summed E-state index contributed by atoms with van der Waals surface area (Å²) in [6.07, 6.45) is 3.76. The lowest BCUT2D eigenvalue weighted by molar-refractivity contribution is 0.0707. The molecule has 0 fully saturated rings. The van der Waals surface area contributed by atoms with Crippen LogP contribution in [0.5, 0.6) is 5.75 Å². The third kappa shape index (κ3) is 4.94. The lowest BCUT2D eigenvalue weighted by Gasteiger charge is -2.28. The normalized spacial score (nSPS) is 12.8. The fourth-order valence-electron chi connectivity index (χ4n) is 4.54. The largest absolute Gasteiger partial charge is 0.497 e. The number of ketones is 1. The summed E-state index contributed by atoms with van der Waals surface area (Å²) in [4.78, 5) is 42.2. The van der Waals surface area contributed by atoms with E-state index in [-0.39, 0.29) is 47.6 Å². The second kappa shape index (κ2) is 10.8. The van der Waals surface area contributed by atoms with E-state index in [4.69, 9.17) is 27.9 Å². The maximum atomic E-state index is 13.7. The number of halogens is 2. The molecule has 0 N–H and O–H groups in total. The van der Waals surface area contributed by atoms with E-state index in [1.165, 1.54) is 10.6 Å². The number of Topliss-reactive ketones (excluding diaryl/α,β-unsaturated/α-hetero) is 1. The van der Waals surface area contributed by atoms with Crippen LogP contribution in [0, 0.1) is 0 Å². The first-order valence-electron chi connectivity index (χ1n) is 11.9. The van der Waals surface area contributed by atoms with Gasteiger partial charge in [-0.1, -0.05) is 23.2 Å². The van der Waals surface area contributed by atoms with Crippen LogP contribution < -0.4 is 10.4 Å². The molecule has 0 saturated heterocycles. The molecule has 0 atom stereocenters. The Labute approximate surface area is 228 Å². The molecule has 2 aromatic carbocycles. The Morgan fingerprint density at radius 1 is 1.00 bits per heavy atom. The third-order valence-electron chi connectivity index (χ3n) is 6.51. The SMILES string of the molecule is COc1ccc(-n2c(C(=O)CCc3ccnnc3)c3n(c2=O)CCN(C(=O)c2ccc(Cl)c(Cl)c2)C3)cc1. The Hall–Kier alpha value is -3.95. The predicted octanol–water partition coefficient (Wildman–Crippen LogP) is 4.22. The van der Waals surface area contributed by atoms with E-state index in [2.05, 4.69) is 10.2 Å². The molecule has 9 nitrogen and oxygen atoms in total. The van der Waals surface area contributed by atoms with Gasteiger partial charge in [-0.05, 0) is 60.5 Å². The van der Waals surface area contributed by atoms with Gasteiger partial charge in [-0.3, -0.25) is 18.7 Å². The molecule has 3 heterocycles. The summed E-state index contributed by atoms with van der Waals surface area (Å²) in [5.41, 5.74) is 2.19. The molecule has 0 spiro atoms. The van der Waals surface area contributed by atoms with Crippen molar-refractivity contribution in [3.63, 3.8) is 0 Å². The number of fused-ring (bicyclic) bond motifs is 1. The lowest BCUT2D eigenvalue weighted by Crippen LogP contribution is -2.41. The van der Waals surface area contributed by atoms with Crippen molar-refractivity contribution >= 4 is 34.9 Å². The van der Waals surface area contributed by atoms with Crippen LogP contribution in [0.15, 0.2) is 65.7 Å². The molecule has 0 aliphatic carbocycles. The third-order valence-corrected chi connectivity index (χ3v) is 7.25. The quantitative estimate of drug-likeness (QED) is 0.319. The molecule has 5 rings (SSSR count). The van der Waals surface area contributed by atoms with Crippen LogP contribution in [0.2, 0.25) is 10.0 Å². The van der Waals surface area contributed by atoms with Crippen LogP contribution in [-0.4, -0.2) is 49.6 Å². The first kappa shape index (κ1) is 25.7. The molecule has 0 bridgehead atoms. The number of aryl methyl sites for hydroxylation is 1. The number of benzene rings is 2. The van der Waals surface area contributed by atoms with Crippen molar-refractivity contribution in [2.75, 3.05) is 13.7 Å². The number of amides is 1. The summed E-state index contributed by atoms with van der Waals surface area (Å²) in [5.74, 6) is 0.148. The van der Waals surface area contributed by atoms with E-state index >= 15 is 0 Å². The predicted molar refractivity (Wildman–Crippen MR) is 142 cm³/mol. The molecule has 4 aromatic rings. The number of hydrogen-bond donors (Lipinski definition) is 0. The van der Waals surface area contributed by atoms with Crippen molar-refractivity contribution in [1.29, 1.82) is 0 Å². The fraction of sp³-hybridized carbons (Fsp3) is 0.222. The number of imidazole rings is 1. The minimum Gasteiger partial charge on any atom is -0.497 e. The zero-order valence-electron chi connectivity index (χ0n) is 20.4. The molecule has 1 amide bonds. The number of aromatic nitrogens is 4. The van der Waals surface area contributed by atoms with Crippen molar-refractivity contribution in [2.24, 2.45) is 0 Å². The van der Waals surface area contributed by atoms with Gasteiger partial charge in [0.15, 0.2) is 5.78 Å². The van der Waals surface area contributed by atoms with Gasteiger partial charge in [-0.25, -0.2) is 4.79 Å². The molecule has 1 aliphatic heterocycles. The molecule has 0 unspecified atom stereocenters. The van der Waals surface area contributed by atoms with Crippen LogP contribution in [0.3, 0.4) is 0 Å². The van der Waals surface area contributed by atoms with Gasteiger partial charge in [0.2, 0.25) is 0 Å². The molecular formula is C27H23Cl2N5O4. The number of ether oxygens (including phenoxy) is 1. The molecule has 2 aromatic heterocycles. The van der Waals surface area contributed by atoms with Gasteiger partial charge in [0, 0.05) is 31.3 Å². The van der Waals surface area contributed by atoms with Crippen molar-refractivity contribution in [3.05, 3.63) is 104 Å². The topological polar surface area (TPSA) is 99.3 Å². The summed E-state index contributed by atoms with van der Waals surface area (Å²) in [6.45, 7) is 0.642. The Morgan fingerprint density at radius 3 is 2.47 bits per heavy atom. The Morgan fingerprint density at radius 2 is 1.79 bits per heavy atom. The van der Waals surface area contributed by atoms with Gasteiger partial charge in [0.1, 0.15) is 11.4 Å². The Balaban J connectivity index is 1.53. The highest BCUT2D eigenvalue weighted by molar-refractivity contribution is 6.42. The smallest absolute Gasteiger partial charge is 0.333 e. The minimum absolute atomic E-state index is 0.0926. The highest BCUT2D eigenvalue weighted by Crippen LogP contribution is 2.26. The highest BCUT2D eigenvalue weighted by Gasteiger charge is 2.32. The van der Waals surface area contributed by atoms with Gasteiger partial charge in [0.05, 0.1) is 41.3 Å². The summed E-state index contributed by atoms with van der Waals surface area (Å²) in [7, 11) is 1.56. The van der Waals surface area contributed by atoms with Crippen molar-refractivity contribution < 1.29 is 14.3 Å². The maximum Gasteiger partial charge on any atom is 0.333 e. The number of carbonyl (C=O) groups excluding carboxylic acids is 2. The lowest BCUT2D eigenvalue weighted by atomic mass is 10.1. The summed E-state index contributed by atoms with van der Waals surface area (Å²) < 4.78 is 8.25.